The largest absolute Gasteiger partial charge is 0.356 e. The van der Waals surface area contributed by atoms with Gasteiger partial charge in [0.15, 0.2) is 0 Å². The molecule has 0 radical (unpaired) electrons. The number of nitrogens with zero attached hydrogens (tertiary/aromatic N) is 2. The lowest BCUT2D eigenvalue weighted by atomic mass is 10.2. The van der Waals surface area contributed by atoms with Crippen molar-refractivity contribution in [2.24, 2.45) is 0 Å². The zero-order valence-electron chi connectivity index (χ0n) is 10.1. The molecule has 0 spiro atoms. The van der Waals surface area contributed by atoms with Gasteiger partial charge in [-0.15, -0.1) is 0 Å². The van der Waals surface area contributed by atoms with E-state index in [0.717, 1.165) is 19.5 Å². The summed E-state index contributed by atoms with van der Waals surface area (Å²) in [6.07, 6.45) is 6.11. The Hall–Kier alpha value is -1.44. The Morgan fingerprint density at radius 3 is 2.31 bits per heavy atom. The van der Waals surface area contributed by atoms with Gasteiger partial charge >= 0.3 is 0 Å². The van der Waals surface area contributed by atoms with E-state index in [1.54, 1.807) is 0 Å². The molecule has 0 N–H and O–H groups in total. The van der Waals surface area contributed by atoms with Gasteiger partial charge in [0.1, 0.15) is 6.17 Å². The van der Waals surface area contributed by atoms with E-state index in [2.05, 4.69) is 66.4 Å². The normalized spacial score (nSPS) is 19.5. The second kappa shape index (κ2) is 5.06. The lowest BCUT2D eigenvalue weighted by Crippen LogP contribution is -2.37. The first-order chi connectivity index (χ1) is 7.85. The van der Waals surface area contributed by atoms with Crippen molar-refractivity contribution in [2.45, 2.75) is 33.0 Å². The molecule has 1 unspecified atom stereocenters. The molecular formula is C14H20N2. The Morgan fingerprint density at radius 2 is 1.69 bits per heavy atom. The predicted octanol–water partition coefficient (Wildman–Crippen LogP) is 3.03. The Labute approximate surface area is 98.2 Å². The highest BCUT2D eigenvalue weighted by Crippen LogP contribution is 2.20. The summed E-state index contributed by atoms with van der Waals surface area (Å²) in [7, 11) is 0. The van der Waals surface area contributed by atoms with Crippen molar-refractivity contribution in [3.05, 3.63) is 48.3 Å². The molecule has 0 bridgehead atoms. The van der Waals surface area contributed by atoms with Crippen LogP contribution in [0.25, 0.3) is 0 Å². The summed E-state index contributed by atoms with van der Waals surface area (Å²) >= 11 is 0. The van der Waals surface area contributed by atoms with Gasteiger partial charge < -0.3 is 9.80 Å². The predicted molar refractivity (Wildman–Crippen MR) is 67.6 cm³/mol. The monoisotopic (exact) mass is 216 g/mol. The van der Waals surface area contributed by atoms with Crippen molar-refractivity contribution < 1.29 is 0 Å². The third-order valence-electron chi connectivity index (χ3n) is 3.15. The summed E-state index contributed by atoms with van der Waals surface area (Å²) in [5, 5.41) is 0. The van der Waals surface area contributed by atoms with Crippen molar-refractivity contribution in [3.8, 4) is 0 Å². The van der Waals surface area contributed by atoms with Crippen LogP contribution in [0.1, 0.15) is 25.8 Å². The molecule has 2 heteroatoms. The van der Waals surface area contributed by atoms with E-state index in [1.165, 1.54) is 5.56 Å². The van der Waals surface area contributed by atoms with Crippen LogP contribution in [-0.4, -0.2) is 22.5 Å². The lowest BCUT2D eigenvalue weighted by molar-refractivity contribution is 0.147. The van der Waals surface area contributed by atoms with Gasteiger partial charge in [-0.2, -0.15) is 0 Å². The zero-order valence-corrected chi connectivity index (χ0v) is 10.1. The number of hydrogen-bond acceptors (Lipinski definition) is 2. The summed E-state index contributed by atoms with van der Waals surface area (Å²) in [6, 6.07) is 10.7. The molecule has 0 saturated heterocycles. The molecule has 86 valence electrons. The summed E-state index contributed by atoms with van der Waals surface area (Å²) in [6.45, 7) is 6.55. The van der Waals surface area contributed by atoms with E-state index >= 15 is 0 Å². The van der Waals surface area contributed by atoms with Crippen LogP contribution in [0.2, 0.25) is 0 Å². The van der Waals surface area contributed by atoms with Crippen LogP contribution in [-0.2, 0) is 6.54 Å². The second-order valence-corrected chi connectivity index (χ2v) is 4.18. The molecule has 1 aromatic rings. The summed E-state index contributed by atoms with van der Waals surface area (Å²) < 4.78 is 0. The van der Waals surface area contributed by atoms with Crippen LogP contribution in [0.15, 0.2) is 42.7 Å². The molecule has 0 aliphatic carbocycles. The average Bonchev–Trinajstić information content (AvgIpc) is 2.72. The van der Waals surface area contributed by atoms with Gasteiger partial charge in [-0.1, -0.05) is 37.3 Å². The van der Waals surface area contributed by atoms with E-state index in [4.69, 9.17) is 0 Å². The number of hydrogen-bond donors (Lipinski definition) is 0. The van der Waals surface area contributed by atoms with Crippen LogP contribution in [0.3, 0.4) is 0 Å². The van der Waals surface area contributed by atoms with Gasteiger partial charge in [-0.25, -0.2) is 0 Å². The van der Waals surface area contributed by atoms with Gasteiger partial charge in [0, 0.05) is 25.5 Å². The van der Waals surface area contributed by atoms with Crippen LogP contribution < -0.4 is 0 Å². The van der Waals surface area contributed by atoms with Crippen molar-refractivity contribution in [2.75, 3.05) is 6.54 Å². The lowest BCUT2D eigenvalue weighted by Gasteiger charge is -2.31. The van der Waals surface area contributed by atoms with E-state index in [1.807, 2.05) is 0 Å². The molecular weight excluding hydrogens is 196 g/mol. The third kappa shape index (κ3) is 2.21. The fourth-order valence-electron chi connectivity index (χ4n) is 2.30. The molecule has 2 rings (SSSR count). The highest BCUT2D eigenvalue weighted by molar-refractivity contribution is 5.15. The van der Waals surface area contributed by atoms with E-state index in [0.29, 0.717) is 6.17 Å². The summed E-state index contributed by atoms with van der Waals surface area (Å²) in [5.74, 6) is 0. The highest BCUT2D eigenvalue weighted by atomic mass is 15.4. The first kappa shape index (κ1) is 11.1. The highest BCUT2D eigenvalue weighted by Gasteiger charge is 2.22. The fraction of sp³-hybridized carbons (Fsp3) is 0.429. The fourth-order valence-corrected chi connectivity index (χ4v) is 2.30. The van der Waals surface area contributed by atoms with E-state index in [-0.39, 0.29) is 0 Å². The van der Waals surface area contributed by atoms with Gasteiger partial charge in [0.05, 0.1) is 0 Å². The summed E-state index contributed by atoms with van der Waals surface area (Å²) in [5.41, 5.74) is 1.38. The third-order valence-corrected chi connectivity index (χ3v) is 3.15. The average molecular weight is 216 g/mol. The molecule has 1 heterocycles. The molecule has 2 nitrogen and oxygen atoms in total. The molecule has 1 aliphatic heterocycles. The zero-order chi connectivity index (χ0) is 11.4. The van der Waals surface area contributed by atoms with Crippen LogP contribution in [0.4, 0.5) is 0 Å². The minimum Gasteiger partial charge on any atom is -0.356 e. The maximum Gasteiger partial charge on any atom is 0.101 e. The Balaban J connectivity index is 2.03. The van der Waals surface area contributed by atoms with Gasteiger partial charge in [-0.05, 0) is 18.9 Å². The first-order valence-corrected chi connectivity index (χ1v) is 6.09. The second-order valence-electron chi connectivity index (χ2n) is 4.18. The minimum absolute atomic E-state index is 0.533. The topological polar surface area (TPSA) is 6.48 Å². The Bertz CT molecular complexity index is 345. The molecule has 16 heavy (non-hydrogen) atoms. The van der Waals surface area contributed by atoms with Crippen molar-refractivity contribution in [1.29, 1.82) is 0 Å². The molecule has 0 amide bonds. The maximum absolute atomic E-state index is 2.42. The molecule has 0 saturated carbocycles. The molecule has 1 aromatic carbocycles. The Morgan fingerprint density at radius 1 is 1.00 bits per heavy atom. The SMILES string of the molecule is CCC1N(CC)C=CN1Cc1ccccc1. The standard InChI is InChI=1S/C14H20N2/c1-3-14-15(4-2)10-11-16(14)12-13-8-6-5-7-9-13/h5-11,14H,3-4,12H2,1-2H3. The van der Waals surface area contributed by atoms with Crippen molar-refractivity contribution in [3.63, 3.8) is 0 Å². The van der Waals surface area contributed by atoms with Crippen LogP contribution in [0.5, 0.6) is 0 Å². The first-order valence-electron chi connectivity index (χ1n) is 6.09. The quantitative estimate of drug-likeness (QED) is 0.763. The molecule has 1 aliphatic rings. The maximum atomic E-state index is 2.42. The minimum atomic E-state index is 0.533. The molecule has 0 aromatic heterocycles. The summed E-state index contributed by atoms with van der Waals surface area (Å²) in [4.78, 5) is 4.81. The van der Waals surface area contributed by atoms with Gasteiger partial charge in [-0.3, -0.25) is 0 Å². The smallest absolute Gasteiger partial charge is 0.101 e. The van der Waals surface area contributed by atoms with Crippen LogP contribution in [0, 0.1) is 0 Å². The van der Waals surface area contributed by atoms with E-state index in [9.17, 15) is 0 Å². The van der Waals surface area contributed by atoms with Gasteiger partial charge in [0.25, 0.3) is 0 Å². The Kier molecular flexibility index (Phi) is 3.50. The van der Waals surface area contributed by atoms with Crippen LogP contribution >= 0.6 is 0 Å². The van der Waals surface area contributed by atoms with Gasteiger partial charge in [0.2, 0.25) is 0 Å². The number of benzene rings is 1. The number of rotatable bonds is 4. The molecule has 0 fully saturated rings. The van der Waals surface area contributed by atoms with E-state index < -0.39 is 0 Å². The van der Waals surface area contributed by atoms with Crippen molar-refractivity contribution in [1.82, 2.24) is 9.80 Å². The van der Waals surface area contributed by atoms with Crippen molar-refractivity contribution >= 4 is 0 Å². The molecule has 1 atom stereocenters.